The second-order valence-electron chi connectivity index (χ2n) is 5.09. The molecule has 1 atom stereocenters. The molecule has 2 N–H and O–H groups in total. The van der Waals surface area contributed by atoms with E-state index in [1.54, 1.807) is 28.9 Å². The second-order valence-corrected chi connectivity index (χ2v) is 6.14. The Bertz CT molecular complexity index is 843. The van der Waals surface area contributed by atoms with Gasteiger partial charge in [-0.05, 0) is 37.1 Å². The number of H-pyrrole nitrogens is 1. The molecule has 122 valence electrons. The number of fused-ring (bicyclic) bond motifs is 1. The van der Waals surface area contributed by atoms with Gasteiger partial charge in [-0.2, -0.15) is 4.63 Å². The monoisotopic (exact) mass is 352 g/mol. The average molecular weight is 353 g/mol. The van der Waals surface area contributed by atoms with E-state index in [1.165, 1.54) is 0 Å². The summed E-state index contributed by atoms with van der Waals surface area (Å²) in [6, 6.07) is 6.79. The average Bonchev–Trinajstić information content (AvgIpc) is 3.05. The number of unbranched alkanes of at least 4 members (excludes halogenated alkanes) is 1. The quantitative estimate of drug-likeness (QED) is 0.666. The summed E-state index contributed by atoms with van der Waals surface area (Å²) in [6.07, 6.45) is 3.00. The van der Waals surface area contributed by atoms with E-state index in [4.69, 9.17) is 11.6 Å². The van der Waals surface area contributed by atoms with E-state index < -0.39 is 11.3 Å². The number of aryl methyl sites for hydroxylation is 1. The van der Waals surface area contributed by atoms with Crippen molar-refractivity contribution < 1.29 is 8.76 Å². The van der Waals surface area contributed by atoms with Crippen molar-refractivity contribution in [1.29, 1.82) is 0 Å². The Hall–Kier alpha value is -1.90. The Morgan fingerprint density at radius 2 is 2.13 bits per heavy atom. The first-order chi connectivity index (χ1) is 11.1. The minimum Gasteiger partial charge on any atom is -0.755 e. The summed E-state index contributed by atoms with van der Waals surface area (Å²) in [7, 11) is 0. The van der Waals surface area contributed by atoms with Crippen LogP contribution in [0.5, 0.6) is 0 Å². The van der Waals surface area contributed by atoms with Crippen LogP contribution >= 0.6 is 11.6 Å². The fourth-order valence-corrected chi connectivity index (χ4v) is 2.86. The molecule has 3 aromatic rings. The first-order valence-corrected chi connectivity index (χ1v) is 8.63. The maximum Gasteiger partial charge on any atom is 0.194 e. The zero-order valence-corrected chi connectivity index (χ0v) is 13.9. The van der Waals surface area contributed by atoms with Gasteiger partial charge in [0.15, 0.2) is 11.5 Å². The first kappa shape index (κ1) is 16.0. The number of rotatable bonds is 6. The highest BCUT2D eigenvalue weighted by Crippen LogP contribution is 2.25. The number of aromatic amines is 1. The molecule has 7 nitrogen and oxygen atoms in total. The second kappa shape index (κ2) is 6.69. The summed E-state index contributed by atoms with van der Waals surface area (Å²) in [5, 5.41) is 8.12. The van der Waals surface area contributed by atoms with Crippen molar-refractivity contribution in [2.24, 2.45) is 0 Å². The van der Waals surface area contributed by atoms with Crippen LogP contribution in [0.3, 0.4) is 0 Å². The third kappa shape index (κ3) is 3.39. The number of hydrogen-bond acceptors (Lipinski definition) is 4. The third-order valence-electron chi connectivity index (χ3n) is 3.43. The summed E-state index contributed by atoms with van der Waals surface area (Å²) < 4.78 is 25.0. The van der Waals surface area contributed by atoms with Crippen molar-refractivity contribution in [2.45, 2.75) is 26.2 Å². The van der Waals surface area contributed by atoms with Crippen LogP contribution in [-0.2, 0) is 17.7 Å². The molecule has 0 aliphatic heterocycles. The lowest BCUT2D eigenvalue weighted by molar-refractivity contribution is 0.542. The van der Waals surface area contributed by atoms with Gasteiger partial charge in [-0.3, -0.25) is 9.31 Å². The van der Waals surface area contributed by atoms with Crippen molar-refractivity contribution in [3.8, 4) is 11.4 Å². The lowest BCUT2D eigenvalue weighted by Crippen LogP contribution is -2.01. The lowest BCUT2D eigenvalue weighted by atomic mass is 10.2. The van der Waals surface area contributed by atoms with Gasteiger partial charge in [-0.1, -0.05) is 24.9 Å². The predicted molar refractivity (Wildman–Crippen MR) is 88.9 cm³/mol. The highest BCUT2D eigenvalue weighted by molar-refractivity contribution is 7.80. The Labute approximate surface area is 140 Å². The number of aromatic nitrogens is 4. The molecule has 0 aliphatic carbocycles. The maximum atomic E-state index is 10.6. The summed E-state index contributed by atoms with van der Waals surface area (Å²) in [5.74, 6) is 0.523. The molecule has 0 amide bonds. The molecule has 0 saturated heterocycles. The van der Waals surface area contributed by atoms with E-state index in [1.807, 2.05) is 0 Å². The number of nitrogens with zero attached hydrogens (tertiary/aromatic N) is 3. The minimum absolute atomic E-state index is 0.478. The summed E-state index contributed by atoms with van der Waals surface area (Å²) in [6.45, 7) is 2.12. The fourth-order valence-electron chi connectivity index (χ4n) is 2.27. The lowest BCUT2D eigenvalue weighted by Gasteiger charge is -2.08. The van der Waals surface area contributed by atoms with Gasteiger partial charge in [0.05, 0.1) is 5.69 Å². The van der Waals surface area contributed by atoms with E-state index in [2.05, 4.69) is 26.8 Å². The predicted octanol–water partition coefficient (Wildman–Crippen LogP) is 2.93. The number of nitrogens with one attached hydrogen (secondary N) is 2. The maximum absolute atomic E-state index is 10.6. The molecule has 3 rings (SSSR count). The van der Waals surface area contributed by atoms with Gasteiger partial charge in [0.25, 0.3) is 0 Å². The molecule has 1 unspecified atom stereocenters. The highest BCUT2D eigenvalue weighted by atomic mass is 35.5. The van der Waals surface area contributed by atoms with Crippen LogP contribution in [0.1, 0.15) is 25.5 Å². The normalized spacial score (nSPS) is 12.7. The molecular weight excluding hydrogens is 338 g/mol. The molecule has 9 heteroatoms. The third-order valence-corrected chi connectivity index (χ3v) is 4.23. The minimum atomic E-state index is -2.34. The zero-order valence-electron chi connectivity index (χ0n) is 12.4. The molecule has 0 aliphatic rings. The van der Waals surface area contributed by atoms with Gasteiger partial charge in [0.2, 0.25) is 0 Å². The number of benzene rings is 1. The van der Waals surface area contributed by atoms with E-state index in [9.17, 15) is 8.76 Å². The smallest absolute Gasteiger partial charge is 0.194 e. The number of anilines is 1. The van der Waals surface area contributed by atoms with Gasteiger partial charge in [0, 0.05) is 22.5 Å². The van der Waals surface area contributed by atoms with Crippen LogP contribution in [0.25, 0.3) is 17.0 Å². The summed E-state index contributed by atoms with van der Waals surface area (Å²) in [5.41, 5.74) is 2.78. The Morgan fingerprint density at radius 3 is 2.74 bits per heavy atom. The largest absolute Gasteiger partial charge is 0.755 e. The van der Waals surface area contributed by atoms with Crippen molar-refractivity contribution in [3.05, 3.63) is 35.0 Å². The highest BCUT2D eigenvalue weighted by Gasteiger charge is 2.15. The SMILES string of the molecule is CCCCc1[nH]n2nc(-c3ccc(NS(=O)[O-])cc3)nc2c1Cl. The van der Waals surface area contributed by atoms with Crippen LogP contribution in [0.15, 0.2) is 24.3 Å². The first-order valence-electron chi connectivity index (χ1n) is 7.18. The molecule has 1 aromatic carbocycles. The van der Waals surface area contributed by atoms with Crippen LogP contribution in [0.2, 0.25) is 5.02 Å². The molecule has 0 radical (unpaired) electrons. The van der Waals surface area contributed by atoms with Gasteiger partial charge in [-0.15, -0.1) is 5.10 Å². The van der Waals surface area contributed by atoms with Gasteiger partial charge < -0.3 is 9.27 Å². The van der Waals surface area contributed by atoms with Crippen LogP contribution < -0.4 is 4.72 Å². The van der Waals surface area contributed by atoms with Gasteiger partial charge in [-0.25, -0.2) is 4.98 Å². The Morgan fingerprint density at radius 1 is 1.39 bits per heavy atom. The van der Waals surface area contributed by atoms with Crippen LogP contribution in [0, 0.1) is 0 Å². The van der Waals surface area contributed by atoms with Gasteiger partial charge in [0.1, 0.15) is 5.02 Å². The topological polar surface area (TPSA) is 98.1 Å². The van der Waals surface area contributed by atoms with E-state index in [0.29, 0.717) is 22.2 Å². The molecule has 2 heterocycles. The number of halogens is 1. The van der Waals surface area contributed by atoms with E-state index >= 15 is 0 Å². The summed E-state index contributed by atoms with van der Waals surface area (Å²) in [4.78, 5) is 4.45. The molecule has 0 fully saturated rings. The van der Waals surface area contributed by atoms with E-state index in [-0.39, 0.29) is 0 Å². The van der Waals surface area contributed by atoms with Crippen molar-refractivity contribution in [2.75, 3.05) is 4.72 Å². The fraction of sp³-hybridized carbons (Fsp3) is 0.286. The van der Waals surface area contributed by atoms with Crippen molar-refractivity contribution in [1.82, 2.24) is 19.8 Å². The molecule has 2 aromatic heterocycles. The van der Waals surface area contributed by atoms with Gasteiger partial charge >= 0.3 is 0 Å². The van der Waals surface area contributed by atoms with Crippen molar-refractivity contribution >= 4 is 34.2 Å². The van der Waals surface area contributed by atoms with Crippen LogP contribution in [0.4, 0.5) is 5.69 Å². The molecule has 0 spiro atoms. The Kier molecular flexibility index (Phi) is 4.65. The Balaban J connectivity index is 1.87. The molecule has 0 saturated carbocycles. The molecule has 0 bridgehead atoms. The van der Waals surface area contributed by atoms with Crippen LogP contribution in [-0.4, -0.2) is 28.6 Å². The van der Waals surface area contributed by atoms with E-state index in [0.717, 1.165) is 30.5 Å². The molecule has 23 heavy (non-hydrogen) atoms. The summed E-state index contributed by atoms with van der Waals surface area (Å²) >= 11 is 4.00. The van der Waals surface area contributed by atoms with Crippen molar-refractivity contribution in [3.63, 3.8) is 0 Å². The number of hydrogen-bond donors (Lipinski definition) is 2. The molecular formula is C14H15ClN5O2S-. The zero-order chi connectivity index (χ0) is 16.4. The standard InChI is InChI=1S/C14H16ClN5O2S/c1-2-3-4-11-12(15)14-16-13(18-20(14)17-11)9-5-7-10(8-6-9)19-23(21)22/h5-8,17,19H,2-4H2,1H3,(H,21,22)/p-1.